The molecule has 1 aliphatic carbocycles. The van der Waals surface area contributed by atoms with Crippen LogP contribution in [0.3, 0.4) is 0 Å². The standard InChI is InChI=1S/C25H24O2/c26-24(20-13-5-2-6-14-20)21-15-7-8-17-23(21)25(27)18-10-9-16-22(25)19-11-3-1-4-12-19/h1-8,11-15,17,22,27H,9-10,16,18H2. The van der Waals surface area contributed by atoms with Crippen LogP contribution >= 0.6 is 0 Å². The van der Waals surface area contributed by atoms with Gasteiger partial charge >= 0.3 is 0 Å². The summed E-state index contributed by atoms with van der Waals surface area (Å²) < 4.78 is 0. The maximum absolute atomic E-state index is 13.2. The number of hydrogen-bond acceptors (Lipinski definition) is 2. The Morgan fingerprint density at radius 1 is 0.815 bits per heavy atom. The third kappa shape index (κ3) is 3.33. The second-order valence-corrected chi connectivity index (χ2v) is 7.37. The minimum atomic E-state index is -1.03. The Morgan fingerprint density at radius 3 is 2.19 bits per heavy atom. The zero-order chi connectivity index (χ0) is 18.7. The Balaban J connectivity index is 1.81. The molecule has 0 bridgehead atoms. The molecule has 2 nitrogen and oxygen atoms in total. The number of hydrogen-bond donors (Lipinski definition) is 1. The molecule has 1 saturated carbocycles. The van der Waals surface area contributed by atoms with Crippen LogP contribution in [0.4, 0.5) is 0 Å². The Labute approximate surface area is 160 Å². The van der Waals surface area contributed by atoms with E-state index < -0.39 is 5.60 Å². The normalized spacial score (nSPS) is 22.3. The zero-order valence-corrected chi connectivity index (χ0v) is 15.3. The van der Waals surface area contributed by atoms with Crippen LogP contribution in [0.2, 0.25) is 0 Å². The number of benzene rings is 3. The highest BCUT2D eigenvalue weighted by Gasteiger charge is 2.43. The van der Waals surface area contributed by atoms with Crippen molar-refractivity contribution in [2.45, 2.75) is 37.2 Å². The smallest absolute Gasteiger partial charge is 0.193 e. The molecule has 0 amide bonds. The Morgan fingerprint density at radius 2 is 1.44 bits per heavy atom. The summed E-state index contributed by atoms with van der Waals surface area (Å²) in [6, 6.07) is 27.1. The highest BCUT2D eigenvalue weighted by Crippen LogP contribution is 2.48. The Kier molecular flexibility index (Phi) is 4.91. The van der Waals surface area contributed by atoms with E-state index in [0.717, 1.165) is 30.4 Å². The molecule has 0 aromatic heterocycles. The van der Waals surface area contributed by atoms with Gasteiger partial charge in [0.05, 0.1) is 5.60 Å². The highest BCUT2D eigenvalue weighted by molar-refractivity contribution is 6.10. The lowest BCUT2D eigenvalue weighted by atomic mass is 9.67. The first-order chi connectivity index (χ1) is 13.2. The molecule has 1 fully saturated rings. The van der Waals surface area contributed by atoms with Crippen molar-refractivity contribution in [1.29, 1.82) is 0 Å². The van der Waals surface area contributed by atoms with E-state index in [0.29, 0.717) is 17.5 Å². The first kappa shape index (κ1) is 17.7. The summed E-state index contributed by atoms with van der Waals surface area (Å²) in [6.45, 7) is 0. The molecule has 3 aromatic carbocycles. The van der Waals surface area contributed by atoms with Crippen LogP contribution in [0.15, 0.2) is 84.9 Å². The molecule has 0 aliphatic heterocycles. The molecule has 0 saturated heterocycles. The van der Waals surface area contributed by atoms with Crippen LogP contribution < -0.4 is 0 Å². The lowest BCUT2D eigenvalue weighted by Crippen LogP contribution is -2.37. The summed E-state index contributed by atoms with van der Waals surface area (Å²) in [5.74, 6) is -0.0332. The van der Waals surface area contributed by atoms with Gasteiger partial charge < -0.3 is 5.11 Å². The minimum Gasteiger partial charge on any atom is -0.385 e. The average Bonchev–Trinajstić information content (AvgIpc) is 2.75. The van der Waals surface area contributed by atoms with Gasteiger partial charge in [0.1, 0.15) is 0 Å². The van der Waals surface area contributed by atoms with Gasteiger partial charge in [0.2, 0.25) is 0 Å². The number of aliphatic hydroxyl groups is 1. The van der Waals surface area contributed by atoms with Gasteiger partial charge in [0, 0.05) is 17.0 Å². The molecule has 136 valence electrons. The van der Waals surface area contributed by atoms with E-state index in [1.807, 2.05) is 72.8 Å². The first-order valence-corrected chi connectivity index (χ1v) is 9.67. The summed E-state index contributed by atoms with van der Waals surface area (Å²) in [7, 11) is 0. The summed E-state index contributed by atoms with van der Waals surface area (Å²) >= 11 is 0. The number of carbonyl (C=O) groups is 1. The van der Waals surface area contributed by atoms with Gasteiger partial charge in [0.15, 0.2) is 5.78 Å². The molecule has 0 spiro atoms. The van der Waals surface area contributed by atoms with E-state index in [9.17, 15) is 9.90 Å². The van der Waals surface area contributed by atoms with Crippen molar-refractivity contribution in [3.63, 3.8) is 0 Å². The van der Waals surface area contributed by atoms with Crippen molar-refractivity contribution in [2.24, 2.45) is 0 Å². The number of carbonyl (C=O) groups excluding carboxylic acids is 1. The van der Waals surface area contributed by atoms with Crippen LogP contribution in [0.25, 0.3) is 0 Å². The highest BCUT2D eigenvalue weighted by atomic mass is 16.3. The summed E-state index contributed by atoms with van der Waals surface area (Å²) in [5, 5.41) is 11.9. The Bertz CT molecular complexity index is 917. The Hall–Kier alpha value is -2.71. The van der Waals surface area contributed by atoms with Crippen molar-refractivity contribution in [2.75, 3.05) is 0 Å². The lowest BCUT2D eigenvalue weighted by molar-refractivity contribution is -0.0229. The van der Waals surface area contributed by atoms with E-state index in [1.165, 1.54) is 0 Å². The van der Waals surface area contributed by atoms with Crippen molar-refractivity contribution in [3.8, 4) is 0 Å². The van der Waals surface area contributed by atoms with Gasteiger partial charge in [-0.2, -0.15) is 0 Å². The van der Waals surface area contributed by atoms with Crippen molar-refractivity contribution in [3.05, 3.63) is 107 Å². The average molecular weight is 356 g/mol. The predicted molar refractivity (Wildman–Crippen MR) is 108 cm³/mol. The second-order valence-electron chi connectivity index (χ2n) is 7.37. The van der Waals surface area contributed by atoms with Gasteiger partial charge in [0.25, 0.3) is 0 Å². The molecule has 0 radical (unpaired) electrons. The van der Waals surface area contributed by atoms with Gasteiger partial charge in [-0.25, -0.2) is 0 Å². The monoisotopic (exact) mass is 356 g/mol. The molecule has 3 aromatic rings. The van der Waals surface area contributed by atoms with Crippen LogP contribution in [0, 0.1) is 0 Å². The third-order valence-corrected chi connectivity index (χ3v) is 5.75. The van der Waals surface area contributed by atoms with Crippen LogP contribution in [-0.2, 0) is 5.60 Å². The van der Waals surface area contributed by atoms with Gasteiger partial charge in [-0.3, -0.25) is 4.79 Å². The minimum absolute atomic E-state index is 0.00262. The summed E-state index contributed by atoms with van der Waals surface area (Å²) in [6.07, 6.45) is 3.66. The molecular formula is C25H24O2. The molecule has 2 atom stereocenters. The second kappa shape index (κ2) is 7.50. The zero-order valence-electron chi connectivity index (χ0n) is 15.3. The summed E-state index contributed by atoms with van der Waals surface area (Å²) in [5.41, 5.74) is 2.13. The SMILES string of the molecule is O=C(c1ccccc1)c1ccccc1C1(O)CCCCC1c1ccccc1. The van der Waals surface area contributed by atoms with E-state index in [2.05, 4.69) is 12.1 Å². The molecule has 1 N–H and O–H groups in total. The first-order valence-electron chi connectivity index (χ1n) is 9.67. The molecule has 1 aliphatic rings. The fourth-order valence-corrected chi connectivity index (χ4v) is 4.41. The van der Waals surface area contributed by atoms with Gasteiger partial charge in [-0.1, -0.05) is 97.8 Å². The number of ketones is 1. The van der Waals surface area contributed by atoms with Gasteiger partial charge in [-0.15, -0.1) is 0 Å². The largest absolute Gasteiger partial charge is 0.385 e. The van der Waals surface area contributed by atoms with Crippen molar-refractivity contribution < 1.29 is 9.90 Å². The van der Waals surface area contributed by atoms with Crippen molar-refractivity contribution in [1.82, 2.24) is 0 Å². The van der Waals surface area contributed by atoms with E-state index in [-0.39, 0.29) is 11.7 Å². The fraction of sp³-hybridized carbons (Fsp3) is 0.240. The molecule has 2 heteroatoms. The molecule has 0 heterocycles. The maximum atomic E-state index is 13.2. The fourth-order valence-electron chi connectivity index (χ4n) is 4.41. The van der Waals surface area contributed by atoms with Crippen LogP contribution in [0.1, 0.15) is 58.6 Å². The van der Waals surface area contributed by atoms with Crippen LogP contribution in [-0.4, -0.2) is 10.9 Å². The third-order valence-electron chi connectivity index (χ3n) is 5.75. The van der Waals surface area contributed by atoms with E-state index in [1.54, 1.807) is 0 Å². The molecular weight excluding hydrogens is 332 g/mol. The van der Waals surface area contributed by atoms with E-state index in [4.69, 9.17) is 0 Å². The quantitative estimate of drug-likeness (QED) is 0.630. The van der Waals surface area contributed by atoms with Gasteiger partial charge in [-0.05, 0) is 24.0 Å². The lowest BCUT2D eigenvalue weighted by Gasteiger charge is -2.41. The number of rotatable bonds is 4. The molecule has 4 rings (SSSR count). The predicted octanol–water partition coefficient (Wildman–Crippen LogP) is 5.46. The maximum Gasteiger partial charge on any atom is 0.193 e. The van der Waals surface area contributed by atoms with E-state index >= 15 is 0 Å². The summed E-state index contributed by atoms with van der Waals surface area (Å²) in [4.78, 5) is 13.2. The molecule has 27 heavy (non-hydrogen) atoms. The topological polar surface area (TPSA) is 37.3 Å². The van der Waals surface area contributed by atoms with Crippen molar-refractivity contribution >= 4 is 5.78 Å². The molecule has 2 unspecified atom stereocenters. The van der Waals surface area contributed by atoms with Crippen LogP contribution in [0.5, 0.6) is 0 Å².